The molecule has 82 valence electrons. The van der Waals surface area contributed by atoms with E-state index in [0.717, 1.165) is 30.4 Å². The van der Waals surface area contributed by atoms with Crippen LogP contribution in [0.5, 0.6) is 0 Å². The summed E-state index contributed by atoms with van der Waals surface area (Å²) in [7, 11) is 0. The average Bonchev–Trinajstić information content (AvgIpc) is 2.17. The lowest BCUT2D eigenvalue weighted by Gasteiger charge is -2.36. The van der Waals surface area contributed by atoms with Gasteiger partial charge in [0.2, 0.25) is 0 Å². The second-order valence-electron chi connectivity index (χ2n) is 4.92. The molecule has 2 atom stereocenters. The minimum atomic E-state index is -0.629. The lowest BCUT2D eigenvalue weighted by molar-refractivity contribution is -0.0186. The van der Waals surface area contributed by atoms with Crippen LogP contribution in [0.1, 0.15) is 43.7 Å². The smallest absolute Gasteiger partial charge is 0.0916 e. The van der Waals surface area contributed by atoms with Crippen molar-refractivity contribution in [2.75, 3.05) is 0 Å². The number of hydrogen-bond donors (Lipinski definition) is 1. The minimum absolute atomic E-state index is 0.614. The molecule has 1 aromatic heterocycles. The number of aryl methyl sites for hydroxylation is 1. The summed E-state index contributed by atoms with van der Waals surface area (Å²) in [6.45, 7) is 4.27. The van der Waals surface area contributed by atoms with Crippen molar-refractivity contribution in [3.05, 3.63) is 29.6 Å². The highest BCUT2D eigenvalue weighted by molar-refractivity contribution is 5.28. The monoisotopic (exact) mass is 205 g/mol. The van der Waals surface area contributed by atoms with Crippen molar-refractivity contribution >= 4 is 0 Å². The highest BCUT2D eigenvalue weighted by Crippen LogP contribution is 2.40. The van der Waals surface area contributed by atoms with Crippen LogP contribution in [0.4, 0.5) is 0 Å². The van der Waals surface area contributed by atoms with Gasteiger partial charge < -0.3 is 5.11 Å². The lowest BCUT2D eigenvalue weighted by atomic mass is 9.74. The van der Waals surface area contributed by atoms with Crippen molar-refractivity contribution in [2.24, 2.45) is 5.92 Å². The van der Waals surface area contributed by atoms with Crippen LogP contribution in [0.25, 0.3) is 0 Å². The summed E-state index contributed by atoms with van der Waals surface area (Å²) in [4.78, 5) is 4.13. The van der Waals surface area contributed by atoms with E-state index in [-0.39, 0.29) is 0 Å². The Labute approximate surface area is 91.4 Å². The highest BCUT2D eigenvalue weighted by atomic mass is 16.3. The minimum Gasteiger partial charge on any atom is -0.385 e. The van der Waals surface area contributed by atoms with Gasteiger partial charge in [0.1, 0.15) is 0 Å². The van der Waals surface area contributed by atoms with Crippen LogP contribution in [0.3, 0.4) is 0 Å². The molecule has 2 rings (SSSR count). The summed E-state index contributed by atoms with van der Waals surface area (Å²) < 4.78 is 0. The number of aliphatic hydroxyl groups is 1. The van der Waals surface area contributed by atoms with Crippen LogP contribution in [-0.2, 0) is 5.60 Å². The van der Waals surface area contributed by atoms with Gasteiger partial charge in [0.15, 0.2) is 0 Å². The molecular formula is C13H19NO. The van der Waals surface area contributed by atoms with Crippen molar-refractivity contribution in [3.8, 4) is 0 Å². The predicted molar refractivity (Wildman–Crippen MR) is 60.5 cm³/mol. The summed E-state index contributed by atoms with van der Waals surface area (Å²) in [6, 6.07) is 1.98. The zero-order chi connectivity index (χ0) is 10.9. The van der Waals surface area contributed by atoms with E-state index in [0.29, 0.717) is 5.92 Å². The third-order valence-corrected chi connectivity index (χ3v) is 3.51. The maximum atomic E-state index is 10.7. The molecule has 0 aromatic carbocycles. The van der Waals surface area contributed by atoms with Gasteiger partial charge in [-0.3, -0.25) is 4.98 Å². The normalized spacial score (nSPS) is 31.5. The molecule has 2 unspecified atom stereocenters. The topological polar surface area (TPSA) is 33.1 Å². The molecule has 0 radical (unpaired) electrons. The molecule has 1 aromatic rings. The fourth-order valence-electron chi connectivity index (χ4n) is 2.72. The molecule has 2 nitrogen and oxygen atoms in total. The Morgan fingerprint density at radius 1 is 1.53 bits per heavy atom. The number of hydrogen-bond acceptors (Lipinski definition) is 2. The van der Waals surface area contributed by atoms with Crippen molar-refractivity contribution < 1.29 is 5.11 Å². The molecule has 0 amide bonds. The molecule has 1 aliphatic rings. The maximum Gasteiger partial charge on any atom is 0.0916 e. The van der Waals surface area contributed by atoms with E-state index >= 15 is 0 Å². The van der Waals surface area contributed by atoms with Crippen LogP contribution in [-0.4, -0.2) is 10.1 Å². The molecule has 1 fully saturated rings. The van der Waals surface area contributed by atoms with E-state index in [2.05, 4.69) is 11.9 Å². The summed E-state index contributed by atoms with van der Waals surface area (Å²) >= 11 is 0. The molecule has 1 N–H and O–H groups in total. The zero-order valence-corrected chi connectivity index (χ0v) is 9.53. The van der Waals surface area contributed by atoms with Gasteiger partial charge >= 0.3 is 0 Å². The number of aromatic nitrogens is 1. The number of rotatable bonds is 1. The van der Waals surface area contributed by atoms with Crippen LogP contribution >= 0.6 is 0 Å². The first-order chi connectivity index (χ1) is 7.12. The average molecular weight is 205 g/mol. The molecule has 1 heterocycles. The summed E-state index contributed by atoms with van der Waals surface area (Å²) in [5.41, 5.74) is 1.55. The first-order valence-corrected chi connectivity index (χ1v) is 5.75. The van der Waals surface area contributed by atoms with E-state index in [4.69, 9.17) is 0 Å². The van der Waals surface area contributed by atoms with Gasteiger partial charge in [-0.1, -0.05) is 13.3 Å². The molecule has 1 aliphatic carbocycles. The quantitative estimate of drug-likeness (QED) is 0.764. The van der Waals surface area contributed by atoms with Crippen molar-refractivity contribution in [2.45, 2.75) is 45.1 Å². The summed E-state index contributed by atoms with van der Waals surface area (Å²) in [6.07, 6.45) is 7.72. The molecule has 0 spiro atoms. The Morgan fingerprint density at radius 2 is 2.33 bits per heavy atom. The zero-order valence-electron chi connectivity index (χ0n) is 9.53. The van der Waals surface area contributed by atoms with Crippen LogP contribution in [0.15, 0.2) is 18.5 Å². The SMILES string of the molecule is Cc1ccncc1C1(O)CCCC(C)C1. The Kier molecular flexibility index (Phi) is 2.79. The molecule has 1 saturated carbocycles. The van der Waals surface area contributed by atoms with Gasteiger partial charge in [0.25, 0.3) is 0 Å². The molecule has 15 heavy (non-hydrogen) atoms. The molecule has 0 saturated heterocycles. The Hall–Kier alpha value is -0.890. The lowest BCUT2D eigenvalue weighted by Crippen LogP contribution is -2.32. The Morgan fingerprint density at radius 3 is 3.00 bits per heavy atom. The fourth-order valence-corrected chi connectivity index (χ4v) is 2.72. The van der Waals surface area contributed by atoms with E-state index < -0.39 is 5.60 Å². The Balaban J connectivity index is 2.32. The van der Waals surface area contributed by atoms with Gasteiger partial charge in [0.05, 0.1) is 5.60 Å². The van der Waals surface area contributed by atoms with E-state index in [1.165, 1.54) is 6.42 Å². The molecule has 0 bridgehead atoms. The molecule has 2 heteroatoms. The third-order valence-electron chi connectivity index (χ3n) is 3.51. The third kappa shape index (κ3) is 2.05. The maximum absolute atomic E-state index is 10.7. The van der Waals surface area contributed by atoms with E-state index in [9.17, 15) is 5.11 Å². The largest absolute Gasteiger partial charge is 0.385 e. The standard InChI is InChI=1S/C13H19NO/c1-10-4-3-6-13(15,8-10)12-9-14-7-5-11(12)2/h5,7,9-10,15H,3-4,6,8H2,1-2H3. The van der Waals surface area contributed by atoms with Gasteiger partial charge in [-0.15, -0.1) is 0 Å². The van der Waals surface area contributed by atoms with Crippen LogP contribution < -0.4 is 0 Å². The van der Waals surface area contributed by atoms with Gasteiger partial charge in [-0.25, -0.2) is 0 Å². The van der Waals surface area contributed by atoms with Gasteiger partial charge in [0, 0.05) is 18.0 Å². The molecule has 0 aliphatic heterocycles. The first kappa shape index (κ1) is 10.6. The second kappa shape index (κ2) is 3.93. The summed E-state index contributed by atoms with van der Waals surface area (Å²) in [5.74, 6) is 0.614. The van der Waals surface area contributed by atoms with E-state index in [1.807, 2.05) is 19.2 Å². The summed E-state index contributed by atoms with van der Waals surface area (Å²) in [5, 5.41) is 10.7. The van der Waals surface area contributed by atoms with Gasteiger partial charge in [-0.2, -0.15) is 0 Å². The Bertz CT molecular complexity index is 350. The van der Waals surface area contributed by atoms with E-state index in [1.54, 1.807) is 6.20 Å². The highest BCUT2D eigenvalue weighted by Gasteiger charge is 2.35. The first-order valence-electron chi connectivity index (χ1n) is 5.75. The second-order valence-corrected chi connectivity index (χ2v) is 4.92. The van der Waals surface area contributed by atoms with Crippen molar-refractivity contribution in [3.63, 3.8) is 0 Å². The van der Waals surface area contributed by atoms with Gasteiger partial charge in [-0.05, 0) is 43.7 Å². The number of nitrogens with zero attached hydrogens (tertiary/aromatic N) is 1. The van der Waals surface area contributed by atoms with Crippen molar-refractivity contribution in [1.82, 2.24) is 4.98 Å². The predicted octanol–water partition coefficient (Wildman–Crippen LogP) is 2.79. The van der Waals surface area contributed by atoms with Crippen LogP contribution in [0, 0.1) is 12.8 Å². The van der Waals surface area contributed by atoms with Crippen molar-refractivity contribution in [1.29, 1.82) is 0 Å². The molecular weight excluding hydrogens is 186 g/mol. The number of pyridine rings is 1. The van der Waals surface area contributed by atoms with Crippen LogP contribution in [0.2, 0.25) is 0 Å². The fraction of sp³-hybridized carbons (Fsp3) is 0.615.